The van der Waals surface area contributed by atoms with Crippen LogP contribution in [0.15, 0.2) is 50.8 Å². The maximum absolute atomic E-state index is 12.1. The molecule has 31 heavy (non-hydrogen) atoms. The van der Waals surface area contributed by atoms with Gasteiger partial charge in [-0.15, -0.1) is 10.2 Å². The molecule has 0 saturated carbocycles. The van der Waals surface area contributed by atoms with Gasteiger partial charge in [0, 0.05) is 51.4 Å². The number of ether oxygens (including phenoxy) is 1. The third-order valence-corrected chi connectivity index (χ3v) is 4.58. The van der Waals surface area contributed by atoms with Gasteiger partial charge in [-0.2, -0.15) is 9.94 Å². The zero-order valence-corrected chi connectivity index (χ0v) is 20.3. The molecule has 2 aromatic heterocycles. The summed E-state index contributed by atoms with van der Waals surface area (Å²) in [7, 11) is 0. The van der Waals surface area contributed by atoms with Gasteiger partial charge in [-0.3, -0.25) is 14.6 Å². The Hall–Kier alpha value is -2.30. The zero-order valence-electron chi connectivity index (χ0n) is 15.6. The second-order valence-corrected chi connectivity index (χ2v) is 6.69. The van der Waals surface area contributed by atoms with Gasteiger partial charge in [0.15, 0.2) is 5.75 Å². The van der Waals surface area contributed by atoms with E-state index in [1.54, 1.807) is 30.3 Å². The molecule has 0 aliphatic rings. The number of aromatic nitrogens is 5. The van der Waals surface area contributed by atoms with Crippen molar-refractivity contribution in [3.63, 3.8) is 0 Å². The molecule has 0 amide bonds. The van der Waals surface area contributed by atoms with Gasteiger partial charge in [0.05, 0.1) is 26.5 Å². The number of fused-ring (bicyclic) bond motifs is 1. The van der Waals surface area contributed by atoms with Crippen molar-refractivity contribution in [2.24, 2.45) is 0 Å². The average Bonchev–Trinajstić information content (AvgIpc) is 2.72. The smallest absolute Gasteiger partial charge is 0.349 e. The van der Waals surface area contributed by atoms with Crippen molar-refractivity contribution in [3.8, 4) is 23.4 Å². The summed E-state index contributed by atoms with van der Waals surface area (Å²) in [4.78, 5) is 37.5. The molecule has 149 valence electrons. The summed E-state index contributed by atoms with van der Waals surface area (Å²) in [6.45, 7) is 0. The Morgan fingerprint density at radius 3 is 2.32 bits per heavy atom. The van der Waals surface area contributed by atoms with E-state index in [9.17, 15) is 14.4 Å². The zero-order chi connectivity index (χ0) is 21.4. The Balaban J connectivity index is 0.00000272. The predicted octanol–water partition coefficient (Wildman–Crippen LogP) is 1.75. The number of H-pyrrole nitrogens is 2. The van der Waals surface area contributed by atoms with Crippen LogP contribution in [0.1, 0.15) is 5.69 Å². The van der Waals surface area contributed by atoms with E-state index in [-0.39, 0.29) is 84.3 Å². The first-order valence-corrected chi connectivity index (χ1v) is 8.93. The molecule has 1 radical (unpaired) electrons. The normalized spacial score (nSPS) is 10.4. The summed E-state index contributed by atoms with van der Waals surface area (Å²) >= 11 is 12.6. The fraction of sp³-hybridized carbons (Fsp3) is 0. The van der Waals surface area contributed by atoms with Gasteiger partial charge >= 0.3 is 5.69 Å². The van der Waals surface area contributed by atoms with Gasteiger partial charge in [0.1, 0.15) is 6.07 Å². The van der Waals surface area contributed by atoms with Gasteiger partial charge in [0.2, 0.25) is 11.6 Å². The van der Waals surface area contributed by atoms with E-state index in [1.165, 1.54) is 12.1 Å². The molecular formula is C18H8Cl2KN6O4. The van der Waals surface area contributed by atoms with Crippen LogP contribution in [0.5, 0.6) is 11.6 Å². The molecule has 10 nitrogen and oxygen atoms in total. The minimum absolute atomic E-state index is 0. The second-order valence-electron chi connectivity index (χ2n) is 5.88. The maximum atomic E-state index is 12.1. The number of benzene rings is 2. The van der Waals surface area contributed by atoms with Gasteiger partial charge in [-0.1, -0.05) is 35.3 Å². The SMILES string of the molecule is N#Cc1nn(-c2cc(Cl)c(Oc3n[nH]c(=O)c4ccccc34)c(Cl)c2)c(=O)[nH]c1=O.[K]. The van der Waals surface area contributed by atoms with E-state index in [2.05, 4.69) is 15.3 Å². The van der Waals surface area contributed by atoms with Crippen molar-refractivity contribution in [1.82, 2.24) is 25.0 Å². The quantitative estimate of drug-likeness (QED) is 0.423. The Morgan fingerprint density at radius 2 is 1.68 bits per heavy atom. The van der Waals surface area contributed by atoms with Crippen LogP contribution in [-0.2, 0) is 0 Å². The van der Waals surface area contributed by atoms with Crippen molar-refractivity contribution in [2.45, 2.75) is 0 Å². The molecule has 4 rings (SSSR count). The van der Waals surface area contributed by atoms with Crippen molar-refractivity contribution in [1.29, 1.82) is 5.26 Å². The number of nitrogens with one attached hydrogen (secondary N) is 2. The number of nitrogens with zero attached hydrogens (tertiary/aromatic N) is 4. The fourth-order valence-corrected chi connectivity index (χ4v) is 3.23. The molecule has 2 N–H and O–H groups in total. The maximum Gasteiger partial charge on any atom is 0.349 e. The number of hydrogen-bond donors (Lipinski definition) is 2. The molecular weight excluding hydrogens is 474 g/mol. The predicted molar refractivity (Wildman–Crippen MR) is 113 cm³/mol. The Morgan fingerprint density at radius 1 is 1.03 bits per heavy atom. The topological polar surface area (TPSA) is 147 Å². The molecule has 13 heteroatoms. The number of hydrogen-bond acceptors (Lipinski definition) is 7. The monoisotopic (exact) mass is 481 g/mol. The fourth-order valence-electron chi connectivity index (χ4n) is 2.68. The summed E-state index contributed by atoms with van der Waals surface area (Å²) < 4.78 is 6.50. The van der Waals surface area contributed by atoms with E-state index < -0.39 is 16.9 Å². The Labute approximate surface area is 224 Å². The Kier molecular flexibility index (Phi) is 7.12. The third-order valence-electron chi connectivity index (χ3n) is 4.02. The van der Waals surface area contributed by atoms with Crippen LogP contribution >= 0.6 is 23.2 Å². The summed E-state index contributed by atoms with van der Waals surface area (Å²) in [5.74, 6) is 0.0811. The summed E-state index contributed by atoms with van der Waals surface area (Å²) in [6.07, 6.45) is 0. The second kappa shape index (κ2) is 9.45. The first-order valence-electron chi connectivity index (χ1n) is 8.17. The van der Waals surface area contributed by atoms with E-state index in [0.717, 1.165) is 4.68 Å². The number of nitriles is 1. The molecule has 0 atom stereocenters. The van der Waals surface area contributed by atoms with E-state index in [4.69, 9.17) is 33.2 Å². The average molecular weight is 482 g/mol. The first-order chi connectivity index (χ1) is 14.4. The Bertz CT molecular complexity index is 1520. The van der Waals surface area contributed by atoms with E-state index in [1.807, 2.05) is 4.98 Å². The van der Waals surface area contributed by atoms with Gasteiger partial charge in [-0.25, -0.2) is 9.89 Å². The minimum Gasteiger partial charge on any atom is -0.434 e. The van der Waals surface area contributed by atoms with Gasteiger partial charge in [0.25, 0.3) is 11.1 Å². The molecule has 0 unspecified atom stereocenters. The van der Waals surface area contributed by atoms with Crippen LogP contribution in [0.25, 0.3) is 16.5 Å². The van der Waals surface area contributed by atoms with Crippen LogP contribution in [-0.4, -0.2) is 76.3 Å². The molecule has 2 aromatic carbocycles. The van der Waals surface area contributed by atoms with Gasteiger partial charge < -0.3 is 4.74 Å². The number of rotatable bonds is 3. The molecule has 0 fully saturated rings. The summed E-state index contributed by atoms with van der Waals surface area (Å²) in [6, 6.07) is 10.9. The largest absolute Gasteiger partial charge is 0.434 e. The molecule has 0 bridgehead atoms. The standard InChI is InChI=1S/C18H8Cl2N6O4.K/c19-11-5-8(26-18(29)22-16(28)13(7-21)25-26)6-12(20)14(11)30-17-10-4-2-1-3-9(10)15(27)23-24-17;/h1-6H,(H,23,27)(H,22,28,29);. The molecule has 2 heterocycles. The van der Waals surface area contributed by atoms with Crippen molar-refractivity contribution in [3.05, 3.63) is 83.3 Å². The van der Waals surface area contributed by atoms with Crippen LogP contribution < -0.4 is 21.5 Å². The van der Waals surface area contributed by atoms with Crippen molar-refractivity contribution < 1.29 is 4.74 Å². The summed E-state index contributed by atoms with van der Waals surface area (Å²) in [5.41, 5.74) is -2.59. The van der Waals surface area contributed by atoms with Crippen molar-refractivity contribution in [2.75, 3.05) is 0 Å². The van der Waals surface area contributed by atoms with Crippen LogP contribution in [0.2, 0.25) is 10.0 Å². The summed E-state index contributed by atoms with van der Waals surface area (Å²) in [5, 5.41) is 19.7. The van der Waals surface area contributed by atoms with Crippen LogP contribution in [0.3, 0.4) is 0 Å². The van der Waals surface area contributed by atoms with Crippen molar-refractivity contribution >= 4 is 85.4 Å². The molecule has 0 aliphatic heterocycles. The minimum atomic E-state index is -0.910. The van der Waals surface area contributed by atoms with Crippen LogP contribution in [0.4, 0.5) is 0 Å². The molecule has 0 aliphatic carbocycles. The van der Waals surface area contributed by atoms with E-state index in [0.29, 0.717) is 10.8 Å². The molecule has 4 aromatic rings. The third kappa shape index (κ3) is 4.51. The first kappa shape index (κ1) is 23.4. The molecule has 0 saturated heterocycles. The van der Waals surface area contributed by atoms with Crippen LogP contribution in [0, 0.1) is 11.3 Å². The number of aromatic amines is 2. The molecule has 0 spiro atoms. The number of halogens is 2. The van der Waals surface area contributed by atoms with Gasteiger partial charge in [-0.05, 0) is 24.3 Å². The van der Waals surface area contributed by atoms with E-state index >= 15 is 0 Å².